The summed E-state index contributed by atoms with van der Waals surface area (Å²) in [5, 5.41) is 0. The van der Waals surface area contributed by atoms with Crippen molar-refractivity contribution in [2.45, 2.75) is 17.2 Å². The summed E-state index contributed by atoms with van der Waals surface area (Å²) in [5.41, 5.74) is 1.01. The fraction of sp³-hybridized carbons (Fsp3) is 0.286. The summed E-state index contributed by atoms with van der Waals surface area (Å²) in [5.74, 6) is 0. The maximum atomic E-state index is 12.5. The van der Waals surface area contributed by atoms with Gasteiger partial charge in [0.2, 0.25) is 0 Å². The van der Waals surface area contributed by atoms with Gasteiger partial charge in [0, 0.05) is 11.4 Å². The number of nitrogens with zero attached hydrogens (tertiary/aromatic N) is 1. The molecular weight excluding hydrogens is 294 g/mol. The predicted octanol–water partition coefficient (Wildman–Crippen LogP) is 2.78. The molecule has 1 fully saturated rings. The van der Waals surface area contributed by atoms with Crippen molar-refractivity contribution in [1.29, 1.82) is 0 Å². The maximum absolute atomic E-state index is 12.5. The zero-order valence-electron chi connectivity index (χ0n) is 11.0. The van der Waals surface area contributed by atoms with E-state index in [1.807, 2.05) is 43.3 Å². The zero-order valence-corrected chi connectivity index (χ0v) is 12.7. The molecule has 20 heavy (non-hydrogen) atoms. The normalized spacial score (nSPS) is 20.4. The molecule has 106 valence electrons. The quantitative estimate of drug-likeness (QED) is 0.876. The number of aryl methyl sites for hydroxylation is 1. The van der Waals surface area contributed by atoms with Gasteiger partial charge in [-0.2, -0.15) is 4.31 Å². The molecule has 1 aromatic heterocycles. The van der Waals surface area contributed by atoms with E-state index < -0.39 is 10.0 Å². The molecule has 1 aliphatic rings. The molecule has 0 N–H and O–H groups in total. The first-order chi connectivity index (χ1) is 9.57. The van der Waals surface area contributed by atoms with Crippen molar-refractivity contribution in [3.8, 4) is 0 Å². The fourth-order valence-electron chi connectivity index (χ4n) is 2.18. The fourth-order valence-corrected chi connectivity index (χ4v) is 4.93. The Morgan fingerprint density at radius 1 is 1.20 bits per heavy atom. The molecule has 0 amide bonds. The highest BCUT2D eigenvalue weighted by molar-refractivity contribution is 7.91. The first-order valence-electron chi connectivity index (χ1n) is 6.30. The number of rotatable bonds is 3. The van der Waals surface area contributed by atoms with Crippen molar-refractivity contribution in [2.24, 2.45) is 0 Å². The van der Waals surface area contributed by atoms with Crippen LogP contribution in [0.5, 0.6) is 0 Å². The monoisotopic (exact) mass is 309 g/mol. The average Bonchev–Trinajstić information content (AvgIpc) is 3.09. The molecule has 1 aromatic carbocycles. The summed E-state index contributed by atoms with van der Waals surface area (Å²) in [6.45, 7) is 2.37. The lowest BCUT2D eigenvalue weighted by molar-refractivity contribution is 0.104. The van der Waals surface area contributed by atoms with E-state index in [1.54, 1.807) is 6.07 Å². The summed E-state index contributed by atoms with van der Waals surface area (Å²) in [6, 6.07) is 13.2. The largest absolute Gasteiger partial charge is 0.356 e. The lowest BCUT2D eigenvalue weighted by Crippen LogP contribution is -2.28. The summed E-state index contributed by atoms with van der Waals surface area (Å²) >= 11 is 1.29. The second kappa shape index (κ2) is 5.29. The molecule has 0 spiro atoms. The molecule has 0 aliphatic carbocycles. The van der Waals surface area contributed by atoms with Crippen molar-refractivity contribution in [3.63, 3.8) is 0 Å². The molecule has 2 heterocycles. The Labute approximate surface area is 122 Å². The standard InChI is InChI=1S/C14H15NO3S2/c1-11-7-8-14(19-11)20(16,17)15-9-13(18-10-15)12-5-3-2-4-6-12/h2-8,13H,9-10H2,1H3. The van der Waals surface area contributed by atoms with Crippen LogP contribution in [0.4, 0.5) is 0 Å². The number of hydrogen-bond acceptors (Lipinski definition) is 4. The minimum absolute atomic E-state index is 0.110. The Morgan fingerprint density at radius 2 is 1.95 bits per heavy atom. The van der Waals surface area contributed by atoms with E-state index in [0.717, 1.165) is 10.4 Å². The average molecular weight is 309 g/mol. The highest BCUT2D eigenvalue weighted by Crippen LogP contribution is 2.31. The van der Waals surface area contributed by atoms with Crippen molar-refractivity contribution in [3.05, 3.63) is 52.9 Å². The van der Waals surface area contributed by atoms with Crippen LogP contribution in [0.2, 0.25) is 0 Å². The number of benzene rings is 1. The Balaban J connectivity index is 1.80. The van der Waals surface area contributed by atoms with Gasteiger partial charge in [-0.25, -0.2) is 8.42 Å². The van der Waals surface area contributed by atoms with Gasteiger partial charge in [-0.15, -0.1) is 11.3 Å². The van der Waals surface area contributed by atoms with Crippen molar-refractivity contribution in [1.82, 2.24) is 4.31 Å². The number of ether oxygens (including phenoxy) is 1. The summed E-state index contributed by atoms with van der Waals surface area (Å²) < 4.78 is 32.4. The Hall–Kier alpha value is -1.21. The highest BCUT2D eigenvalue weighted by Gasteiger charge is 2.34. The van der Waals surface area contributed by atoms with Crippen molar-refractivity contribution < 1.29 is 13.2 Å². The van der Waals surface area contributed by atoms with Crippen LogP contribution >= 0.6 is 11.3 Å². The van der Waals surface area contributed by atoms with Gasteiger partial charge in [0.25, 0.3) is 10.0 Å². The predicted molar refractivity (Wildman–Crippen MR) is 78.1 cm³/mol. The third kappa shape index (κ3) is 2.52. The lowest BCUT2D eigenvalue weighted by atomic mass is 10.1. The molecule has 1 atom stereocenters. The van der Waals surface area contributed by atoms with E-state index in [4.69, 9.17) is 4.74 Å². The molecule has 1 aliphatic heterocycles. The van der Waals surface area contributed by atoms with Gasteiger partial charge in [-0.05, 0) is 24.6 Å². The molecule has 0 radical (unpaired) electrons. The van der Waals surface area contributed by atoms with Crippen LogP contribution in [-0.2, 0) is 14.8 Å². The molecule has 1 unspecified atom stereocenters. The smallest absolute Gasteiger partial charge is 0.254 e. The van der Waals surface area contributed by atoms with Gasteiger partial charge in [-0.1, -0.05) is 30.3 Å². The Kier molecular flexibility index (Phi) is 3.64. The zero-order chi connectivity index (χ0) is 14.2. The topological polar surface area (TPSA) is 46.6 Å². The van der Waals surface area contributed by atoms with Crippen LogP contribution in [0.15, 0.2) is 46.7 Å². The van der Waals surface area contributed by atoms with Crippen LogP contribution < -0.4 is 0 Å². The van der Waals surface area contributed by atoms with Crippen molar-refractivity contribution >= 4 is 21.4 Å². The van der Waals surface area contributed by atoms with Crippen LogP contribution in [0, 0.1) is 6.92 Å². The maximum Gasteiger partial charge on any atom is 0.254 e. The van der Waals surface area contributed by atoms with Gasteiger partial charge >= 0.3 is 0 Å². The summed E-state index contributed by atoms with van der Waals surface area (Å²) in [7, 11) is -3.43. The molecule has 0 saturated carbocycles. The van der Waals surface area contributed by atoms with Gasteiger partial charge in [0.15, 0.2) is 0 Å². The van der Waals surface area contributed by atoms with Crippen LogP contribution in [0.25, 0.3) is 0 Å². The van der Waals surface area contributed by atoms with E-state index in [0.29, 0.717) is 10.8 Å². The second-order valence-electron chi connectivity index (χ2n) is 4.70. The van der Waals surface area contributed by atoms with E-state index in [2.05, 4.69) is 0 Å². The first-order valence-corrected chi connectivity index (χ1v) is 8.56. The van der Waals surface area contributed by atoms with Gasteiger partial charge in [0.1, 0.15) is 10.9 Å². The molecule has 4 nitrogen and oxygen atoms in total. The summed E-state index contributed by atoms with van der Waals surface area (Å²) in [4.78, 5) is 0.989. The minimum atomic E-state index is -3.43. The first kappa shape index (κ1) is 13.8. The molecule has 3 rings (SSSR count). The van der Waals surface area contributed by atoms with Gasteiger partial charge < -0.3 is 4.74 Å². The molecule has 0 bridgehead atoms. The molecular formula is C14H15NO3S2. The van der Waals surface area contributed by atoms with Crippen LogP contribution in [0.3, 0.4) is 0 Å². The number of thiophene rings is 1. The summed E-state index contributed by atoms with van der Waals surface area (Å²) in [6.07, 6.45) is -0.188. The van der Waals surface area contributed by atoms with E-state index >= 15 is 0 Å². The van der Waals surface area contributed by atoms with E-state index in [9.17, 15) is 8.42 Å². The highest BCUT2D eigenvalue weighted by atomic mass is 32.2. The lowest BCUT2D eigenvalue weighted by Gasteiger charge is -2.13. The van der Waals surface area contributed by atoms with Crippen molar-refractivity contribution in [2.75, 3.05) is 13.3 Å². The third-order valence-electron chi connectivity index (χ3n) is 3.27. The minimum Gasteiger partial charge on any atom is -0.356 e. The molecule has 6 heteroatoms. The molecule has 2 aromatic rings. The number of hydrogen-bond donors (Lipinski definition) is 0. The SMILES string of the molecule is Cc1ccc(S(=O)(=O)N2COC(c3ccccc3)C2)s1. The third-order valence-corrected chi connectivity index (χ3v) is 6.53. The van der Waals surface area contributed by atoms with E-state index in [1.165, 1.54) is 15.6 Å². The second-order valence-corrected chi connectivity index (χ2v) is 8.15. The van der Waals surface area contributed by atoms with E-state index in [-0.39, 0.29) is 12.8 Å². The Bertz CT molecular complexity index is 694. The van der Waals surface area contributed by atoms with Gasteiger partial charge in [0.05, 0.1) is 6.10 Å². The van der Waals surface area contributed by atoms with Crippen LogP contribution in [0.1, 0.15) is 16.5 Å². The Morgan fingerprint density at radius 3 is 2.60 bits per heavy atom. The molecule has 1 saturated heterocycles. The van der Waals surface area contributed by atoms with Gasteiger partial charge in [-0.3, -0.25) is 0 Å². The van der Waals surface area contributed by atoms with Crippen LogP contribution in [-0.4, -0.2) is 26.0 Å². The number of sulfonamides is 1.